The number of nitrogens with zero attached hydrogens (tertiary/aromatic N) is 3. The van der Waals surface area contributed by atoms with Crippen molar-refractivity contribution < 1.29 is 4.79 Å². The van der Waals surface area contributed by atoms with E-state index in [1.807, 2.05) is 6.07 Å². The van der Waals surface area contributed by atoms with Crippen LogP contribution in [0.5, 0.6) is 0 Å². The van der Waals surface area contributed by atoms with Crippen LogP contribution in [0.15, 0.2) is 18.3 Å². The highest BCUT2D eigenvalue weighted by atomic mass is 16.1. The molecular formula is C11H13N3O. The van der Waals surface area contributed by atoms with Crippen LogP contribution in [0.4, 0.5) is 5.82 Å². The molecule has 0 aliphatic carbocycles. The highest BCUT2D eigenvalue weighted by Crippen LogP contribution is 2.10. The van der Waals surface area contributed by atoms with Gasteiger partial charge in [0.1, 0.15) is 11.9 Å². The summed E-state index contributed by atoms with van der Waals surface area (Å²) in [5.41, 5.74) is 0.500. The number of pyridine rings is 1. The van der Waals surface area contributed by atoms with Gasteiger partial charge in [-0.1, -0.05) is 13.3 Å². The summed E-state index contributed by atoms with van der Waals surface area (Å²) < 4.78 is 0. The van der Waals surface area contributed by atoms with Crippen molar-refractivity contribution in [3.05, 3.63) is 23.9 Å². The van der Waals surface area contributed by atoms with Crippen molar-refractivity contribution in [1.29, 1.82) is 5.26 Å². The van der Waals surface area contributed by atoms with Crippen LogP contribution in [0.3, 0.4) is 0 Å². The first-order valence-corrected chi connectivity index (χ1v) is 4.90. The van der Waals surface area contributed by atoms with Gasteiger partial charge in [-0.05, 0) is 18.6 Å². The maximum atomic E-state index is 10.8. The SMILES string of the molecule is CCCCN(C=O)c1ccc(C#N)cn1. The molecule has 0 N–H and O–H groups in total. The molecule has 0 saturated carbocycles. The molecular weight excluding hydrogens is 190 g/mol. The zero-order valence-electron chi connectivity index (χ0n) is 8.68. The van der Waals surface area contributed by atoms with Gasteiger partial charge in [0.25, 0.3) is 0 Å². The third kappa shape index (κ3) is 3.06. The van der Waals surface area contributed by atoms with Gasteiger partial charge >= 0.3 is 0 Å². The van der Waals surface area contributed by atoms with Crippen LogP contribution in [0.25, 0.3) is 0 Å². The molecule has 1 aromatic rings. The fourth-order valence-corrected chi connectivity index (χ4v) is 1.17. The van der Waals surface area contributed by atoms with Crippen LogP contribution in [0, 0.1) is 11.3 Å². The Hall–Kier alpha value is -1.89. The predicted molar refractivity (Wildman–Crippen MR) is 57.3 cm³/mol. The monoisotopic (exact) mass is 203 g/mol. The van der Waals surface area contributed by atoms with Crippen LogP contribution < -0.4 is 4.90 Å². The Labute approximate surface area is 89.2 Å². The number of unbranched alkanes of at least 4 members (excludes halogenated alkanes) is 1. The van der Waals surface area contributed by atoms with Crippen molar-refractivity contribution in [1.82, 2.24) is 4.98 Å². The van der Waals surface area contributed by atoms with Gasteiger partial charge < -0.3 is 0 Å². The predicted octanol–water partition coefficient (Wildman–Crippen LogP) is 1.72. The van der Waals surface area contributed by atoms with E-state index >= 15 is 0 Å². The first-order valence-electron chi connectivity index (χ1n) is 4.90. The molecule has 1 aromatic heterocycles. The fourth-order valence-electron chi connectivity index (χ4n) is 1.17. The molecule has 0 radical (unpaired) electrons. The third-order valence-electron chi connectivity index (χ3n) is 2.05. The zero-order valence-corrected chi connectivity index (χ0v) is 8.68. The van der Waals surface area contributed by atoms with Crippen molar-refractivity contribution >= 4 is 12.2 Å². The highest BCUT2D eigenvalue weighted by Gasteiger charge is 2.05. The maximum absolute atomic E-state index is 10.8. The van der Waals surface area contributed by atoms with Crippen molar-refractivity contribution in [2.24, 2.45) is 0 Å². The molecule has 0 unspecified atom stereocenters. The van der Waals surface area contributed by atoms with Crippen molar-refractivity contribution in [3.8, 4) is 6.07 Å². The number of rotatable bonds is 5. The lowest BCUT2D eigenvalue weighted by molar-refractivity contribution is -0.107. The Morgan fingerprint density at radius 1 is 1.60 bits per heavy atom. The number of carbonyl (C=O) groups excluding carboxylic acids is 1. The normalized spacial score (nSPS) is 9.33. The summed E-state index contributed by atoms with van der Waals surface area (Å²) in [6.07, 6.45) is 4.21. The lowest BCUT2D eigenvalue weighted by Gasteiger charge is -2.15. The van der Waals surface area contributed by atoms with Gasteiger partial charge in [0.05, 0.1) is 5.56 Å². The van der Waals surface area contributed by atoms with E-state index < -0.39 is 0 Å². The molecule has 15 heavy (non-hydrogen) atoms. The van der Waals surface area contributed by atoms with E-state index in [9.17, 15) is 4.79 Å². The summed E-state index contributed by atoms with van der Waals surface area (Å²) in [4.78, 5) is 16.4. The largest absolute Gasteiger partial charge is 0.299 e. The lowest BCUT2D eigenvalue weighted by Crippen LogP contribution is -2.23. The van der Waals surface area contributed by atoms with Crippen LogP contribution in [0.2, 0.25) is 0 Å². The Bertz CT molecular complexity index is 353. The minimum atomic E-state index is 0.500. The molecule has 0 aliphatic rings. The van der Waals surface area contributed by atoms with Gasteiger partial charge in [-0.2, -0.15) is 5.26 Å². The maximum Gasteiger partial charge on any atom is 0.215 e. The summed E-state index contributed by atoms with van der Waals surface area (Å²) in [6, 6.07) is 5.33. The molecule has 78 valence electrons. The summed E-state index contributed by atoms with van der Waals surface area (Å²) in [6.45, 7) is 2.73. The summed E-state index contributed by atoms with van der Waals surface area (Å²) >= 11 is 0. The van der Waals surface area contributed by atoms with E-state index in [-0.39, 0.29) is 0 Å². The quantitative estimate of drug-likeness (QED) is 0.684. The summed E-state index contributed by atoms with van der Waals surface area (Å²) in [5, 5.41) is 8.59. The fraction of sp³-hybridized carbons (Fsp3) is 0.364. The molecule has 1 amide bonds. The van der Waals surface area contributed by atoms with E-state index in [0.29, 0.717) is 17.9 Å². The summed E-state index contributed by atoms with van der Waals surface area (Å²) in [7, 11) is 0. The van der Waals surface area contributed by atoms with Crippen molar-refractivity contribution in [2.75, 3.05) is 11.4 Å². The van der Waals surface area contributed by atoms with Gasteiger partial charge in [0, 0.05) is 12.7 Å². The number of amides is 1. The smallest absolute Gasteiger partial charge is 0.215 e. The third-order valence-corrected chi connectivity index (χ3v) is 2.05. The molecule has 0 aromatic carbocycles. The van der Waals surface area contributed by atoms with Crippen LogP contribution in [0.1, 0.15) is 25.3 Å². The van der Waals surface area contributed by atoms with Crippen molar-refractivity contribution in [2.45, 2.75) is 19.8 Å². The van der Waals surface area contributed by atoms with E-state index in [1.54, 1.807) is 17.0 Å². The van der Waals surface area contributed by atoms with E-state index in [2.05, 4.69) is 11.9 Å². The van der Waals surface area contributed by atoms with E-state index in [4.69, 9.17) is 5.26 Å². The molecule has 1 heterocycles. The second-order valence-electron chi connectivity index (χ2n) is 3.17. The Morgan fingerprint density at radius 2 is 2.40 bits per heavy atom. The minimum absolute atomic E-state index is 0.500. The number of anilines is 1. The zero-order chi connectivity index (χ0) is 11.1. The van der Waals surface area contributed by atoms with Gasteiger partial charge in [-0.3, -0.25) is 9.69 Å². The molecule has 0 spiro atoms. The molecule has 4 nitrogen and oxygen atoms in total. The standard InChI is InChI=1S/C11H13N3O/c1-2-3-6-14(9-15)11-5-4-10(7-12)8-13-11/h4-5,8-9H,2-3,6H2,1H3. The Morgan fingerprint density at radius 3 is 2.87 bits per heavy atom. The van der Waals surface area contributed by atoms with Crippen LogP contribution in [-0.2, 0) is 4.79 Å². The lowest BCUT2D eigenvalue weighted by atomic mass is 10.3. The van der Waals surface area contributed by atoms with Crippen molar-refractivity contribution in [3.63, 3.8) is 0 Å². The van der Waals surface area contributed by atoms with Gasteiger partial charge in [-0.15, -0.1) is 0 Å². The molecule has 1 rings (SSSR count). The second kappa shape index (κ2) is 5.76. The number of aromatic nitrogens is 1. The number of carbonyl (C=O) groups is 1. The van der Waals surface area contributed by atoms with Gasteiger partial charge in [-0.25, -0.2) is 4.98 Å². The van der Waals surface area contributed by atoms with Crippen LogP contribution in [-0.4, -0.2) is 17.9 Å². The minimum Gasteiger partial charge on any atom is -0.299 e. The van der Waals surface area contributed by atoms with Crippen LogP contribution >= 0.6 is 0 Å². The van der Waals surface area contributed by atoms with Gasteiger partial charge in [0.15, 0.2) is 0 Å². The molecule has 0 fully saturated rings. The topological polar surface area (TPSA) is 57.0 Å². The second-order valence-corrected chi connectivity index (χ2v) is 3.17. The Balaban J connectivity index is 2.74. The average Bonchev–Trinajstić information content (AvgIpc) is 2.31. The molecule has 0 bridgehead atoms. The average molecular weight is 203 g/mol. The number of hydrogen-bond donors (Lipinski definition) is 0. The number of nitriles is 1. The molecule has 0 saturated heterocycles. The summed E-state index contributed by atoms with van der Waals surface area (Å²) in [5.74, 6) is 0.595. The first kappa shape index (κ1) is 11.2. The van der Waals surface area contributed by atoms with Gasteiger partial charge in [0.2, 0.25) is 6.41 Å². The highest BCUT2D eigenvalue weighted by molar-refractivity contribution is 5.72. The van der Waals surface area contributed by atoms with E-state index in [0.717, 1.165) is 19.3 Å². The first-order chi connectivity index (χ1) is 7.31. The Kier molecular flexibility index (Phi) is 4.30. The number of hydrogen-bond acceptors (Lipinski definition) is 3. The molecule has 0 atom stereocenters. The molecule has 4 heteroatoms. The molecule has 0 aliphatic heterocycles. The van der Waals surface area contributed by atoms with E-state index in [1.165, 1.54) is 6.20 Å².